The van der Waals surface area contributed by atoms with Crippen molar-refractivity contribution < 1.29 is 4.74 Å². The zero-order valence-corrected chi connectivity index (χ0v) is 10.9. The molecule has 0 amide bonds. The molecular weight excluding hydrogens is 236 g/mol. The number of methoxy groups -OCH3 is 1. The van der Waals surface area contributed by atoms with Gasteiger partial charge in [-0.3, -0.25) is 4.98 Å². The SMILES string of the molecule is COc1cccc(CC[C@H](C#N)c2cccnc2)c1. The van der Waals surface area contributed by atoms with E-state index in [9.17, 15) is 5.26 Å². The highest BCUT2D eigenvalue weighted by atomic mass is 16.5. The van der Waals surface area contributed by atoms with Crippen LogP contribution in [0.2, 0.25) is 0 Å². The zero-order valence-electron chi connectivity index (χ0n) is 10.9. The summed E-state index contributed by atoms with van der Waals surface area (Å²) in [5.41, 5.74) is 2.16. The Morgan fingerprint density at radius 2 is 2.21 bits per heavy atom. The van der Waals surface area contributed by atoms with E-state index in [0.717, 1.165) is 24.2 Å². The molecule has 0 N–H and O–H groups in total. The zero-order chi connectivity index (χ0) is 13.5. The Morgan fingerprint density at radius 1 is 1.32 bits per heavy atom. The van der Waals surface area contributed by atoms with Gasteiger partial charge in [-0.2, -0.15) is 5.26 Å². The summed E-state index contributed by atoms with van der Waals surface area (Å²) in [6, 6.07) is 14.1. The maximum atomic E-state index is 9.26. The number of nitriles is 1. The molecule has 0 radical (unpaired) electrons. The van der Waals surface area contributed by atoms with Gasteiger partial charge in [0.2, 0.25) is 0 Å². The second kappa shape index (κ2) is 6.55. The minimum absolute atomic E-state index is 0.111. The van der Waals surface area contributed by atoms with Crippen LogP contribution in [0.1, 0.15) is 23.5 Å². The van der Waals surface area contributed by atoms with Gasteiger partial charge in [0.1, 0.15) is 5.75 Å². The molecule has 3 heteroatoms. The molecule has 0 saturated heterocycles. The molecule has 3 nitrogen and oxygen atoms in total. The van der Waals surface area contributed by atoms with Crippen molar-refractivity contribution in [1.29, 1.82) is 5.26 Å². The second-order valence-corrected chi connectivity index (χ2v) is 4.36. The molecule has 0 spiro atoms. The number of ether oxygens (including phenoxy) is 1. The molecule has 1 aromatic carbocycles. The fourth-order valence-electron chi connectivity index (χ4n) is 2.03. The van der Waals surface area contributed by atoms with Crippen LogP contribution in [-0.2, 0) is 6.42 Å². The van der Waals surface area contributed by atoms with Gasteiger partial charge < -0.3 is 4.74 Å². The summed E-state index contributed by atoms with van der Waals surface area (Å²) in [5.74, 6) is 0.743. The lowest BCUT2D eigenvalue weighted by atomic mass is 9.95. The minimum atomic E-state index is -0.111. The lowest BCUT2D eigenvalue weighted by Gasteiger charge is -2.09. The summed E-state index contributed by atoms with van der Waals surface area (Å²) in [7, 11) is 1.66. The minimum Gasteiger partial charge on any atom is -0.497 e. The average Bonchev–Trinajstić information content (AvgIpc) is 2.49. The smallest absolute Gasteiger partial charge is 0.119 e. The maximum Gasteiger partial charge on any atom is 0.119 e. The van der Waals surface area contributed by atoms with E-state index in [-0.39, 0.29) is 5.92 Å². The van der Waals surface area contributed by atoms with Crippen molar-refractivity contribution in [1.82, 2.24) is 4.98 Å². The molecule has 2 aromatic rings. The molecule has 0 aliphatic rings. The fraction of sp³-hybridized carbons (Fsp3) is 0.250. The molecule has 1 atom stereocenters. The largest absolute Gasteiger partial charge is 0.497 e. The van der Waals surface area contributed by atoms with Gasteiger partial charge in [0.05, 0.1) is 19.1 Å². The van der Waals surface area contributed by atoms with Gasteiger partial charge in [-0.1, -0.05) is 18.2 Å². The lowest BCUT2D eigenvalue weighted by Crippen LogP contribution is -1.99. The Kier molecular flexibility index (Phi) is 4.52. The first-order valence-corrected chi connectivity index (χ1v) is 6.26. The van der Waals surface area contributed by atoms with Gasteiger partial charge in [0.15, 0.2) is 0 Å². The molecule has 2 rings (SSSR count). The van der Waals surface area contributed by atoms with Crippen LogP contribution in [0.25, 0.3) is 0 Å². The van der Waals surface area contributed by atoms with Gasteiger partial charge >= 0.3 is 0 Å². The van der Waals surface area contributed by atoms with Crippen molar-refractivity contribution in [2.45, 2.75) is 18.8 Å². The van der Waals surface area contributed by atoms with E-state index in [0.29, 0.717) is 0 Å². The third-order valence-electron chi connectivity index (χ3n) is 3.10. The third kappa shape index (κ3) is 3.56. The number of rotatable bonds is 5. The molecule has 96 valence electrons. The molecule has 0 bridgehead atoms. The maximum absolute atomic E-state index is 9.26. The Bertz CT molecular complexity index is 560. The highest BCUT2D eigenvalue weighted by Gasteiger charge is 2.10. The standard InChI is InChI=1S/C16H16N2O/c1-19-16-6-2-4-13(10-16)7-8-14(11-17)15-5-3-9-18-12-15/h2-6,9-10,12,14H,7-8H2,1H3/t14-/m1/s1. The molecule has 0 aliphatic carbocycles. The Labute approximate surface area is 113 Å². The van der Waals surface area contributed by atoms with Crippen LogP contribution in [0.15, 0.2) is 48.8 Å². The van der Waals surface area contributed by atoms with Crippen molar-refractivity contribution in [2.24, 2.45) is 0 Å². The quantitative estimate of drug-likeness (QED) is 0.820. The average molecular weight is 252 g/mol. The predicted octanol–water partition coefficient (Wildman–Crippen LogP) is 3.33. The summed E-state index contributed by atoms with van der Waals surface area (Å²) in [6.45, 7) is 0. The second-order valence-electron chi connectivity index (χ2n) is 4.36. The van der Waals surface area contributed by atoms with E-state index in [2.05, 4.69) is 17.1 Å². The number of pyridine rings is 1. The fourth-order valence-corrected chi connectivity index (χ4v) is 2.03. The number of hydrogen-bond acceptors (Lipinski definition) is 3. The van der Waals surface area contributed by atoms with Gasteiger partial charge in [0, 0.05) is 12.4 Å². The number of benzene rings is 1. The van der Waals surface area contributed by atoms with Crippen LogP contribution >= 0.6 is 0 Å². The summed E-state index contributed by atoms with van der Waals surface area (Å²) in [5, 5.41) is 9.26. The van der Waals surface area contributed by atoms with E-state index in [1.54, 1.807) is 19.5 Å². The molecule has 0 aliphatic heterocycles. The summed E-state index contributed by atoms with van der Waals surface area (Å²) >= 11 is 0. The van der Waals surface area contributed by atoms with E-state index < -0.39 is 0 Å². The van der Waals surface area contributed by atoms with Crippen LogP contribution in [-0.4, -0.2) is 12.1 Å². The molecule has 0 unspecified atom stereocenters. The third-order valence-corrected chi connectivity index (χ3v) is 3.10. The summed E-state index contributed by atoms with van der Waals surface area (Å²) in [6.07, 6.45) is 5.12. The topological polar surface area (TPSA) is 45.9 Å². The van der Waals surface area contributed by atoms with Crippen LogP contribution in [0.5, 0.6) is 5.75 Å². The first-order chi connectivity index (χ1) is 9.33. The normalized spacial score (nSPS) is 11.6. The van der Waals surface area contributed by atoms with Crippen molar-refractivity contribution >= 4 is 0 Å². The molecule has 1 aromatic heterocycles. The van der Waals surface area contributed by atoms with E-state index in [1.807, 2.05) is 30.3 Å². The first kappa shape index (κ1) is 13.1. The van der Waals surface area contributed by atoms with Crippen LogP contribution in [0, 0.1) is 11.3 Å². The number of aromatic nitrogens is 1. The molecule has 1 heterocycles. The summed E-state index contributed by atoms with van der Waals surface area (Å²) < 4.78 is 5.20. The Hall–Kier alpha value is -2.34. The van der Waals surface area contributed by atoms with Gasteiger partial charge in [0.25, 0.3) is 0 Å². The van der Waals surface area contributed by atoms with Crippen molar-refractivity contribution in [3.8, 4) is 11.8 Å². The van der Waals surface area contributed by atoms with Gasteiger partial charge in [-0.15, -0.1) is 0 Å². The van der Waals surface area contributed by atoms with Crippen molar-refractivity contribution in [2.75, 3.05) is 7.11 Å². The van der Waals surface area contributed by atoms with E-state index >= 15 is 0 Å². The Balaban J connectivity index is 2.02. The van der Waals surface area contributed by atoms with Crippen molar-refractivity contribution in [3.05, 3.63) is 59.9 Å². The molecule has 0 saturated carbocycles. The van der Waals surface area contributed by atoms with E-state index in [1.165, 1.54) is 5.56 Å². The van der Waals surface area contributed by atoms with Crippen LogP contribution in [0.3, 0.4) is 0 Å². The molecule has 0 fully saturated rings. The van der Waals surface area contributed by atoms with Crippen LogP contribution < -0.4 is 4.74 Å². The monoisotopic (exact) mass is 252 g/mol. The number of hydrogen-bond donors (Lipinski definition) is 0. The first-order valence-electron chi connectivity index (χ1n) is 6.26. The lowest BCUT2D eigenvalue weighted by molar-refractivity contribution is 0.414. The summed E-state index contributed by atoms with van der Waals surface area (Å²) in [4.78, 5) is 4.06. The van der Waals surface area contributed by atoms with E-state index in [4.69, 9.17) is 4.74 Å². The Morgan fingerprint density at radius 3 is 2.89 bits per heavy atom. The van der Waals surface area contributed by atoms with Crippen molar-refractivity contribution in [3.63, 3.8) is 0 Å². The van der Waals surface area contributed by atoms with Crippen LogP contribution in [0.4, 0.5) is 0 Å². The highest BCUT2D eigenvalue weighted by molar-refractivity contribution is 5.29. The van der Waals surface area contributed by atoms with Gasteiger partial charge in [-0.25, -0.2) is 0 Å². The molecule has 19 heavy (non-hydrogen) atoms. The van der Waals surface area contributed by atoms with Gasteiger partial charge in [-0.05, 0) is 42.2 Å². The molecular formula is C16H16N2O. The predicted molar refractivity (Wildman–Crippen MR) is 73.9 cm³/mol. The number of aryl methyl sites for hydroxylation is 1. The number of nitrogens with zero attached hydrogens (tertiary/aromatic N) is 2. The highest BCUT2D eigenvalue weighted by Crippen LogP contribution is 2.21.